The van der Waals surface area contributed by atoms with Gasteiger partial charge >= 0.3 is 0 Å². The van der Waals surface area contributed by atoms with Crippen molar-refractivity contribution >= 4 is 6.01 Å². The van der Waals surface area contributed by atoms with Gasteiger partial charge in [0.15, 0.2) is 0 Å². The van der Waals surface area contributed by atoms with Crippen LogP contribution < -0.4 is 10.2 Å². The molecule has 4 heteroatoms. The third-order valence-electron chi connectivity index (χ3n) is 2.73. The molecule has 18 heavy (non-hydrogen) atoms. The fraction of sp³-hybridized carbons (Fsp3) is 0.357. The molecule has 0 bridgehead atoms. The van der Waals surface area contributed by atoms with Crippen LogP contribution in [0.3, 0.4) is 0 Å². The van der Waals surface area contributed by atoms with Gasteiger partial charge in [0.2, 0.25) is 0 Å². The lowest BCUT2D eigenvalue weighted by Gasteiger charge is -2.14. The highest BCUT2D eigenvalue weighted by molar-refractivity contribution is 5.30. The van der Waals surface area contributed by atoms with E-state index in [1.165, 1.54) is 11.1 Å². The Morgan fingerprint density at radius 1 is 1.39 bits per heavy atom. The first kappa shape index (κ1) is 12.6. The Kier molecular flexibility index (Phi) is 3.99. The second-order valence-electron chi connectivity index (χ2n) is 4.50. The van der Waals surface area contributed by atoms with E-state index in [0.29, 0.717) is 6.01 Å². The van der Waals surface area contributed by atoms with Gasteiger partial charge in [-0.3, -0.25) is 0 Å². The fourth-order valence-corrected chi connectivity index (χ4v) is 1.89. The van der Waals surface area contributed by atoms with Crippen LogP contribution >= 0.6 is 0 Å². The topological polar surface area (TPSA) is 41.3 Å². The molecule has 1 N–H and O–H groups in total. The number of aromatic nitrogens is 1. The summed E-state index contributed by atoms with van der Waals surface area (Å²) in [4.78, 5) is 6.42. The number of oxazole rings is 1. The first-order valence-corrected chi connectivity index (χ1v) is 6.04. The summed E-state index contributed by atoms with van der Waals surface area (Å²) in [6.07, 6.45) is 1.69. The maximum absolute atomic E-state index is 5.46. The summed E-state index contributed by atoms with van der Waals surface area (Å²) in [5.41, 5.74) is 3.44. The SMILES string of the molecule is CNCc1coc(N(C)Cc2cccc(C)c2)n1. The van der Waals surface area contributed by atoms with Gasteiger partial charge in [0.05, 0.1) is 5.69 Å². The monoisotopic (exact) mass is 245 g/mol. The van der Waals surface area contributed by atoms with E-state index in [9.17, 15) is 0 Å². The molecular weight excluding hydrogens is 226 g/mol. The minimum Gasteiger partial charge on any atom is -0.432 e. The van der Waals surface area contributed by atoms with Crippen LogP contribution in [0.5, 0.6) is 0 Å². The van der Waals surface area contributed by atoms with Gasteiger partial charge in [-0.15, -0.1) is 0 Å². The maximum Gasteiger partial charge on any atom is 0.297 e. The molecule has 0 aliphatic rings. The van der Waals surface area contributed by atoms with Crippen molar-refractivity contribution in [3.8, 4) is 0 Å². The Balaban J connectivity index is 2.04. The molecule has 0 aliphatic carbocycles. The Hall–Kier alpha value is -1.81. The Bertz CT molecular complexity index is 507. The lowest BCUT2D eigenvalue weighted by Crippen LogP contribution is -2.17. The van der Waals surface area contributed by atoms with Gasteiger partial charge in [-0.05, 0) is 19.5 Å². The van der Waals surface area contributed by atoms with Crippen molar-refractivity contribution in [2.24, 2.45) is 0 Å². The number of benzene rings is 1. The van der Waals surface area contributed by atoms with Gasteiger partial charge in [-0.1, -0.05) is 29.8 Å². The van der Waals surface area contributed by atoms with Crippen molar-refractivity contribution in [2.45, 2.75) is 20.0 Å². The Labute approximate surface area is 108 Å². The second kappa shape index (κ2) is 5.69. The van der Waals surface area contributed by atoms with Gasteiger partial charge in [0, 0.05) is 20.1 Å². The highest BCUT2D eigenvalue weighted by Gasteiger charge is 2.09. The highest BCUT2D eigenvalue weighted by Crippen LogP contribution is 2.15. The zero-order chi connectivity index (χ0) is 13.0. The lowest BCUT2D eigenvalue weighted by molar-refractivity contribution is 0.543. The minimum absolute atomic E-state index is 0.654. The second-order valence-corrected chi connectivity index (χ2v) is 4.50. The molecule has 96 valence electrons. The largest absolute Gasteiger partial charge is 0.432 e. The number of nitrogens with one attached hydrogen (secondary N) is 1. The van der Waals surface area contributed by atoms with E-state index < -0.39 is 0 Å². The first-order valence-electron chi connectivity index (χ1n) is 6.04. The van der Waals surface area contributed by atoms with Crippen LogP contribution in [0.15, 0.2) is 34.9 Å². The van der Waals surface area contributed by atoms with Gasteiger partial charge < -0.3 is 14.6 Å². The predicted octanol–water partition coefficient (Wildman–Crippen LogP) is 2.34. The van der Waals surface area contributed by atoms with Gasteiger partial charge in [0.1, 0.15) is 6.26 Å². The van der Waals surface area contributed by atoms with Crippen molar-refractivity contribution < 1.29 is 4.42 Å². The van der Waals surface area contributed by atoms with Crippen molar-refractivity contribution in [2.75, 3.05) is 19.0 Å². The molecule has 2 rings (SSSR count). The van der Waals surface area contributed by atoms with Gasteiger partial charge in [-0.25, -0.2) is 0 Å². The van der Waals surface area contributed by atoms with Crippen molar-refractivity contribution in [3.05, 3.63) is 47.3 Å². The summed E-state index contributed by atoms with van der Waals surface area (Å²) in [6, 6.07) is 9.11. The molecule has 2 aromatic rings. The van der Waals surface area contributed by atoms with E-state index in [1.807, 2.05) is 19.0 Å². The average molecular weight is 245 g/mol. The lowest BCUT2D eigenvalue weighted by atomic mass is 10.1. The molecule has 0 saturated carbocycles. The number of hydrogen-bond donors (Lipinski definition) is 1. The normalized spacial score (nSPS) is 10.6. The molecule has 1 heterocycles. The molecule has 0 amide bonds. The van der Waals surface area contributed by atoms with E-state index in [0.717, 1.165) is 18.8 Å². The molecule has 4 nitrogen and oxygen atoms in total. The molecule has 0 fully saturated rings. The number of hydrogen-bond acceptors (Lipinski definition) is 4. The van der Waals surface area contributed by atoms with Crippen LogP contribution in [0.2, 0.25) is 0 Å². The van der Waals surface area contributed by atoms with Crippen molar-refractivity contribution in [1.82, 2.24) is 10.3 Å². The van der Waals surface area contributed by atoms with Crippen LogP contribution in [0.25, 0.3) is 0 Å². The summed E-state index contributed by atoms with van der Waals surface area (Å²) in [7, 11) is 3.88. The zero-order valence-electron chi connectivity index (χ0n) is 11.1. The molecular formula is C14H19N3O. The summed E-state index contributed by atoms with van der Waals surface area (Å²) < 4.78 is 5.46. The van der Waals surface area contributed by atoms with E-state index in [-0.39, 0.29) is 0 Å². The minimum atomic E-state index is 0.654. The number of rotatable bonds is 5. The third-order valence-corrected chi connectivity index (χ3v) is 2.73. The molecule has 0 unspecified atom stereocenters. The zero-order valence-corrected chi connectivity index (χ0v) is 11.1. The van der Waals surface area contributed by atoms with Crippen molar-refractivity contribution in [3.63, 3.8) is 0 Å². The molecule has 0 radical (unpaired) electrons. The molecule has 0 saturated heterocycles. The number of aryl methyl sites for hydroxylation is 1. The Morgan fingerprint density at radius 3 is 2.94 bits per heavy atom. The fourth-order valence-electron chi connectivity index (χ4n) is 1.89. The number of anilines is 1. The predicted molar refractivity (Wildman–Crippen MR) is 72.6 cm³/mol. The summed E-state index contributed by atoms with van der Waals surface area (Å²) in [5.74, 6) is 0. The van der Waals surface area contributed by atoms with Crippen LogP contribution in [0, 0.1) is 6.92 Å². The molecule has 0 aliphatic heterocycles. The molecule has 1 aromatic carbocycles. The van der Waals surface area contributed by atoms with Gasteiger partial charge in [0.25, 0.3) is 6.01 Å². The summed E-state index contributed by atoms with van der Waals surface area (Å²) in [5, 5.41) is 3.05. The van der Waals surface area contributed by atoms with Crippen LogP contribution in [0.1, 0.15) is 16.8 Å². The smallest absolute Gasteiger partial charge is 0.297 e. The summed E-state index contributed by atoms with van der Waals surface area (Å²) in [6.45, 7) is 3.61. The number of nitrogens with zero attached hydrogens (tertiary/aromatic N) is 2. The van der Waals surface area contributed by atoms with E-state index in [2.05, 4.69) is 41.5 Å². The van der Waals surface area contributed by atoms with E-state index in [4.69, 9.17) is 4.42 Å². The molecule has 0 spiro atoms. The summed E-state index contributed by atoms with van der Waals surface area (Å²) >= 11 is 0. The first-order chi connectivity index (χ1) is 8.69. The van der Waals surface area contributed by atoms with Crippen LogP contribution in [-0.2, 0) is 13.1 Å². The van der Waals surface area contributed by atoms with E-state index >= 15 is 0 Å². The standard InChI is InChI=1S/C14H19N3O/c1-11-5-4-6-12(7-11)9-17(3)14-16-13(8-15-2)10-18-14/h4-7,10,15H,8-9H2,1-3H3. The maximum atomic E-state index is 5.46. The van der Waals surface area contributed by atoms with Crippen molar-refractivity contribution in [1.29, 1.82) is 0 Å². The van der Waals surface area contributed by atoms with E-state index in [1.54, 1.807) is 6.26 Å². The highest BCUT2D eigenvalue weighted by atomic mass is 16.4. The van der Waals surface area contributed by atoms with Gasteiger partial charge in [-0.2, -0.15) is 4.98 Å². The third kappa shape index (κ3) is 3.11. The van der Waals surface area contributed by atoms with Crippen LogP contribution in [0.4, 0.5) is 6.01 Å². The average Bonchev–Trinajstić information content (AvgIpc) is 2.78. The molecule has 0 atom stereocenters. The van der Waals surface area contributed by atoms with Crippen LogP contribution in [-0.4, -0.2) is 19.1 Å². The quantitative estimate of drug-likeness (QED) is 0.878. The molecule has 1 aromatic heterocycles. The Morgan fingerprint density at radius 2 is 2.22 bits per heavy atom.